The molecule has 3 heteroatoms. The molecule has 1 amide bonds. The van der Waals surface area contributed by atoms with Gasteiger partial charge >= 0.3 is 0 Å². The molecule has 1 aromatic carbocycles. The Hall–Kier alpha value is -1.35. The number of nitrogens with one attached hydrogen (secondary N) is 1. The molecule has 0 saturated carbocycles. The fourth-order valence-corrected chi connectivity index (χ4v) is 1.81. The first-order valence-electron chi connectivity index (χ1n) is 10.5. The summed E-state index contributed by atoms with van der Waals surface area (Å²) in [6, 6.07) is 3.59. The molecule has 0 fully saturated rings. The quantitative estimate of drug-likeness (QED) is 0.881. The molecule has 0 radical (unpaired) electrons. The lowest BCUT2D eigenvalue weighted by atomic mass is 10.1. The van der Waals surface area contributed by atoms with E-state index in [0.717, 1.165) is 5.56 Å². The second-order valence-electron chi connectivity index (χ2n) is 4.13. The summed E-state index contributed by atoms with van der Waals surface area (Å²) in [7, 11) is 0. The molecule has 0 spiro atoms. The van der Waals surface area contributed by atoms with Crippen LogP contribution in [-0.4, -0.2) is 30.3 Å². The number of anilines is 1. The van der Waals surface area contributed by atoms with Crippen molar-refractivity contribution < 1.29 is 18.5 Å². The highest BCUT2D eigenvalue weighted by molar-refractivity contribution is 5.93. The highest BCUT2D eigenvalue weighted by Gasteiger charge is 2.10. The highest BCUT2D eigenvalue weighted by atomic mass is 16.2. The average molecular weight is 258 g/mol. The van der Waals surface area contributed by atoms with Gasteiger partial charge in [0.05, 0.1) is 6.54 Å². The molecule has 0 aliphatic heterocycles. The topological polar surface area (TPSA) is 32.3 Å². The van der Waals surface area contributed by atoms with Crippen molar-refractivity contribution in [2.24, 2.45) is 0 Å². The van der Waals surface area contributed by atoms with Crippen molar-refractivity contribution in [2.75, 3.05) is 24.9 Å². The highest BCUT2D eigenvalue weighted by Crippen LogP contribution is 2.21. The van der Waals surface area contributed by atoms with Crippen molar-refractivity contribution in [3.05, 3.63) is 28.8 Å². The molecule has 0 aromatic heterocycles. The fraction of sp³-hybridized carbons (Fsp3) is 0.533. The SMILES string of the molecule is [2H]C([2H])([2H])C([2H])([2H])N(CC(=O)Nc1c(C)cc(C)cc1C)C([2H])([2H])C([2H])([2H])[2H]. The van der Waals surface area contributed by atoms with Crippen LogP contribution in [0.15, 0.2) is 12.1 Å². The van der Waals surface area contributed by atoms with Crippen LogP contribution in [0.4, 0.5) is 5.69 Å². The van der Waals surface area contributed by atoms with E-state index in [1.54, 1.807) is 26.0 Å². The van der Waals surface area contributed by atoms with E-state index in [9.17, 15) is 4.79 Å². The molecule has 0 aliphatic rings. The standard InChI is InChI=1S/C15H24N2O/c1-6-17(7-2)10-14(18)16-15-12(4)8-11(3)9-13(15)5/h8-9H,6-7,10H2,1-5H3,(H,16,18)/i1D3,2D3,6D2,7D2. The van der Waals surface area contributed by atoms with E-state index < -0.39 is 39.1 Å². The molecule has 0 heterocycles. The summed E-state index contributed by atoms with van der Waals surface area (Å²) in [6.45, 7) is -9.36. The number of benzene rings is 1. The van der Waals surface area contributed by atoms with Gasteiger partial charge in [-0.25, -0.2) is 0 Å². The van der Waals surface area contributed by atoms with Crippen LogP contribution in [0.1, 0.15) is 44.1 Å². The minimum absolute atomic E-state index is 0.0613. The summed E-state index contributed by atoms with van der Waals surface area (Å²) in [5.41, 5.74) is 2.77. The van der Waals surface area contributed by atoms with Gasteiger partial charge in [-0.3, -0.25) is 9.69 Å². The maximum absolute atomic E-state index is 12.5. The van der Waals surface area contributed by atoms with E-state index in [1.165, 1.54) is 0 Å². The number of likely N-dealkylation sites (N-methyl/N-ethyl adjacent to an activating group) is 1. The Balaban J connectivity index is 3.30. The van der Waals surface area contributed by atoms with Crippen molar-refractivity contribution >= 4 is 11.6 Å². The third kappa shape index (κ3) is 3.84. The molecule has 3 nitrogen and oxygen atoms in total. The van der Waals surface area contributed by atoms with Gasteiger partial charge in [0.1, 0.15) is 0 Å². The number of carbonyl (C=O) groups is 1. The van der Waals surface area contributed by atoms with Gasteiger partial charge in [-0.05, 0) is 44.9 Å². The summed E-state index contributed by atoms with van der Waals surface area (Å²) in [6.07, 6.45) is 0. The third-order valence-electron chi connectivity index (χ3n) is 2.51. The Morgan fingerprint density at radius 2 is 1.83 bits per heavy atom. The minimum atomic E-state index is -3.40. The van der Waals surface area contributed by atoms with E-state index >= 15 is 0 Å². The van der Waals surface area contributed by atoms with Gasteiger partial charge in [-0.15, -0.1) is 0 Å². The van der Waals surface area contributed by atoms with Crippen molar-refractivity contribution in [1.29, 1.82) is 0 Å². The van der Waals surface area contributed by atoms with Gasteiger partial charge in [0.2, 0.25) is 5.91 Å². The van der Waals surface area contributed by atoms with E-state index in [1.807, 2.05) is 6.92 Å². The van der Waals surface area contributed by atoms with Crippen LogP contribution in [0.25, 0.3) is 0 Å². The lowest BCUT2D eigenvalue weighted by molar-refractivity contribution is -0.117. The van der Waals surface area contributed by atoms with Crippen LogP contribution in [0, 0.1) is 20.8 Å². The molecule has 18 heavy (non-hydrogen) atoms. The second-order valence-corrected chi connectivity index (χ2v) is 4.13. The zero-order valence-electron chi connectivity index (χ0n) is 20.7. The Labute approximate surface area is 124 Å². The number of hydrogen-bond acceptors (Lipinski definition) is 2. The summed E-state index contributed by atoms with van der Waals surface area (Å²) in [5, 5.41) is 2.50. The van der Waals surface area contributed by atoms with Gasteiger partial charge in [0, 0.05) is 19.4 Å². The van der Waals surface area contributed by atoms with Gasteiger partial charge in [0.15, 0.2) is 0 Å². The lowest BCUT2D eigenvalue weighted by Crippen LogP contribution is -2.33. The zero-order valence-corrected chi connectivity index (χ0v) is 10.7. The van der Waals surface area contributed by atoms with Gasteiger partial charge in [-0.2, -0.15) is 0 Å². The zero-order chi connectivity index (χ0) is 22.3. The number of rotatable bonds is 5. The Morgan fingerprint density at radius 1 is 1.28 bits per heavy atom. The van der Waals surface area contributed by atoms with Crippen molar-refractivity contribution in [3.8, 4) is 0 Å². The number of aryl methyl sites for hydroxylation is 3. The summed E-state index contributed by atoms with van der Waals surface area (Å²) in [5.74, 6) is -0.934. The number of nitrogens with zero attached hydrogens (tertiary/aromatic N) is 1. The summed E-state index contributed by atoms with van der Waals surface area (Å²) >= 11 is 0. The smallest absolute Gasteiger partial charge is 0.238 e. The molecule has 0 unspecified atom stereocenters. The van der Waals surface area contributed by atoms with Crippen molar-refractivity contribution in [2.45, 2.75) is 34.5 Å². The monoisotopic (exact) mass is 258 g/mol. The molecular weight excluding hydrogens is 224 g/mol. The average Bonchev–Trinajstić information content (AvgIpc) is 2.45. The molecular formula is C15H24N2O. The Morgan fingerprint density at radius 3 is 2.33 bits per heavy atom. The summed E-state index contributed by atoms with van der Waals surface area (Å²) in [4.78, 5) is 12.4. The van der Waals surface area contributed by atoms with Crippen LogP contribution in [-0.2, 0) is 4.79 Å². The van der Waals surface area contributed by atoms with Crippen LogP contribution in [0.2, 0.25) is 0 Å². The molecule has 1 N–H and O–H groups in total. The third-order valence-corrected chi connectivity index (χ3v) is 2.51. The predicted molar refractivity (Wildman–Crippen MR) is 77.1 cm³/mol. The largest absolute Gasteiger partial charge is 0.324 e. The van der Waals surface area contributed by atoms with Crippen LogP contribution < -0.4 is 5.32 Å². The first-order chi connectivity index (χ1) is 12.3. The molecule has 1 rings (SSSR count). The molecule has 0 bridgehead atoms. The minimum Gasteiger partial charge on any atom is -0.324 e. The Bertz CT molecular complexity index is 690. The molecule has 1 aromatic rings. The molecule has 0 atom stereocenters. The maximum Gasteiger partial charge on any atom is 0.238 e. The first-order valence-corrected chi connectivity index (χ1v) is 5.48. The lowest BCUT2D eigenvalue weighted by Gasteiger charge is -2.19. The Kier molecular flexibility index (Phi) is 2.09. The van der Waals surface area contributed by atoms with E-state index in [4.69, 9.17) is 13.7 Å². The number of hydrogen-bond donors (Lipinski definition) is 1. The van der Waals surface area contributed by atoms with Crippen LogP contribution >= 0.6 is 0 Å². The van der Waals surface area contributed by atoms with Gasteiger partial charge in [-0.1, -0.05) is 31.4 Å². The van der Waals surface area contributed by atoms with Crippen molar-refractivity contribution in [3.63, 3.8) is 0 Å². The molecule has 0 aliphatic carbocycles. The number of amides is 1. The van der Waals surface area contributed by atoms with E-state index in [-0.39, 0.29) is 4.90 Å². The number of carbonyl (C=O) groups excluding carboxylic acids is 1. The first kappa shape index (κ1) is 5.74. The molecule has 100 valence electrons. The molecule has 0 saturated heterocycles. The van der Waals surface area contributed by atoms with Crippen LogP contribution in [0.5, 0.6) is 0 Å². The normalized spacial score (nSPS) is 22.0. The van der Waals surface area contributed by atoms with E-state index in [0.29, 0.717) is 16.8 Å². The van der Waals surface area contributed by atoms with Gasteiger partial charge < -0.3 is 5.32 Å². The predicted octanol–water partition coefficient (Wildman–Crippen LogP) is 2.89. The van der Waals surface area contributed by atoms with E-state index in [2.05, 4.69) is 5.32 Å². The maximum atomic E-state index is 12.5. The fourth-order valence-electron chi connectivity index (χ4n) is 1.81. The van der Waals surface area contributed by atoms with Crippen molar-refractivity contribution in [1.82, 2.24) is 4.90 Å². The van der Waals surface area contributed by atoms with Crippen LogP contribution in [0.3, 0.4) is 0 Å². The second kappa shape index (κ2) is 6.55. The van der Waals surface area contributed by atoms with Gasteiger partial charge in [0.25, 0.3) is 0 Å². The summed E-state index contributed by atoms with van der Waals surface area (Å²) < 4.78 is 75.3.